The smallest absolute Gasteiger partial charge is 0.0712 e. The SMILES string of the molecule is Cc1cc(P)nc2ccccc12. The molecule has 0 aliphatic rings. The number of hydrogen-bond donors (Lipinski definition) is 0. The van der Waals surface area contributed by atoms with E-state index in [-0.39, 0.29) is 0 Å². The molecule has 0 spiro atoms. The second kappa shape index (κ2) is 2.84. The summed E-state index contributed by atoms with van der Waals surface area (Å²) in [4.78, 5) is 4.40. The van der Waals surface area contributed by atoms with E-state index in [4.69, 9.17) is 0 Å². The van der Waals surface area contributed by atoms with Crippen molar-refractivity contribution in [1.29, 1.82) is 0 Å². The average molecular weight is 175 g/mol. The Morgan fingerprint density at radius 1 is 1.25 bits per heavy atom. The van der Waals surface area contributed by atoms with Crippen molar-refractivity contribution in [2.75, 3.05) is 0 Å². The zero-order valence-electron chi connectivity index (χ0n) is 6.91. The molecule has 1 aromatic carbocycles. The minimum atomic E-state index is 1.01. The minimum absolute atomic E-state index is 1.01. The molecule has 1 heterocycles. The molecule has 0 saturated carbocycles. The van der Waals surface area contributed by atoms with E-state index in [1.165, 1.54) is 10.9 Å². The molecule has 0 radical (unpaired) electrons. The molecule has 0 saturated heterocycles. The first kappa shape index (κ1) is 7.70. The van der Waals surface area contributed by atoms with Crippen molar-refractivity contribution in [3.63, 3.8) is 0 Å². The Bertz CT molecular complexity index is 423. The van der Waals surface area contributed by atoms with Gasteiger partial charge in [0.25, 0.3) is 0 Å². The number of nitrogens with zero attached hydrogens (tertiary/aromatic N) is 1. The lowest BCUT2D eigenvalue weighted by Crippen LogP contribution is -1.98. The predicted octanol–water partition coefficient (Wildman–Crippen LogP) is 2.04. The summed E-state index contributed by atoms with van der Waals surface area (Å²) in [6.45, 7) is 2.11. The summed E-state index contributed by atoms with van der Waals surface area (Å²) in [6, 6.07) is 10.3. The summed E-state index contributed by atoms with van der Waals surface area (Å²) < 4.78 is 0. The molecule has 0 amide bonds. The van der Waals surface area contributed by atoms with Crippen molar-refractivity contribution >= 4 is 25.6 Å². The summed E-state index contributed by atoms with van der Waals surface area (Å²) in [7, 11) is 2.62. The maximum atomic E-state index is 4.40. The van der Waals surface area contributed by atoms with Gasteiger partial charge in [-0.1, -0.05) is 27.4 Å². The van der Waals surface area contributed by atoms with E-state index >= 15 is 0 Å². The summed E-state index contributed by atoms with van der Waals surface area (Å²) in [5.74, 6) is 0. The average Bonchev–Trinajstić information content (AvgIpc) is 2.04. The Morgan fingerprint density at radius 3 is 2.83 bits per heavy atom. The molecule has 0 bridgehead atoms. The maximum absolute atomic E-state index is 4.40. The minimum Gasteiger partial charge on any atom is -0.249 e. The second-order valence-corrected chi connectivity index (χ2v) is 3.47. The Balaban J connectivity index is 2.89. The third-order valence-corrected chi connectivity index (χ3v) is 2.24. The predicted molar refractivity (Wildman–Crippen MR) is 55.8 cm³/mol. The molecule has 1 nitrogen and oxygen atoms in total. The van der Waals surface area contributed by atoms with Gasteiger partial charge in [-0.05, 0) is 24.6 Å². The first-order valence-corrected chi connectivity index (χ1v) is 4.47. The van der Waals surface area contributed by atoms with Crippen molar-refractivity contribution in [1.82, 2.24) is 4.98 Å². The van der Waals surface area contributed by atoms with Crippen molar-refractivity contribution in [3.8, 4) is 0 Å². The van der Waals surface area contributed by atoms with Gasteiger partial charge in [-0.25, -0.2) is 4.98 Å². The lowest BCUT2D eigenvalue weighted by atomic mass is 10.1. The van der Waals surface area contributed by atoms with Crippen LogP contribution in [0.1, 0.15) is 5.56 Å². The zero-order chi connectivity index (χ0) is 8.55. The summed E-state index contributed by atoms with van der Waals surface area (Å²) >= 11 is 0. The van der Waals surface area contributed by atoms with E-state index in [9.17, 15) is 0 Å². The number of hydrogen-bond acceptors (Lipinski definition) is 1. The van der Waals surface area contributed by atoms with Crippen molar-refractivity contribution in [3.05, 3.63) is 35.9 Å². The summed E-state index contributed by atoms with van der Waals surface area (Å²) in [5, 5.41) is 1.24. The van der Waals surface area contributed by atoms with Crippen molar-refractivity contribution < 1.29 is 0 Å². The molecule has 2 rings (SSSR count). The number of pyridine rings is 1. The number of rotatable bonds is 0. The molecular formula is C10H10NP. The normalized spacial score (nSPS) is 10.5. The molecule has 0 aliphatic carbocycles. The molecule has 1 aromatic heterocycles. The highest BCUT2D eigenvalue weighted by molar-refractivity contribution is 7.26. The van der Waals surface area contributed by atoms with Gasteiger partial charge in [-0.3, -0.25) is 0 Å². The Morgan fingerprint density at radius 2 is 2.00 bits per heavy atom. The number of para-hydroxylation sites is 1. The van der Waals surface area contributed by atoms with Gasteiger partial charge >= 0.3 is 0 Å². The molecule has 0 aliphatic heterocycles. The zero-order valence-corrected chi connectivity index (χ0v) is 8.07. The number of aromatic nitrogens is 1. The monoisotopic (exact) mass is 175 g/mol. The first-order valence-electron chi connectivity index (χ1n) is 3.89. The van der Waals surface area contributed by atoms with E-state index in [1.807, 2.05) is 18.2 Å². The van der Waals surface area contributed by atoms with Crippen LogP contribution in [0.4, 0.5) is 0 Å². The van der Waals surface area contributed by atoms with Crippen molar-refractivity contribution in [2.45, 2.75) is 6.92 Å². The van der Waals surface area contributed by atoms with Gasteiger partial charge in [0.1, 0.15) is 0 Å². The third kappa shape index (κ3) is 1.21. The molecule has 2 heteroatoms. The van der Waals surface area contributed by atoms with Crippen LogP contribution in [0.3, 0.4) is 0 Å². The number of aryl methyl sites for hydroxylation is 1. The van der Waals surface area contributed by atoms with Crippen LogP contribution >= 0.6 is 9.24 Å². The van der Waals surface area contributed by atoms with Crippen LogP contribution in [-0.2, 0) is 0 Å². The summed E-state index contributed by atoms with van der Waals surface area (Å²) in [5.41, 5.74) is 3.36. The van der Waals surface area contributed by atoms with Crippen molar-refractivity contribution in [2.24, 2.45) is 0 Å². The Hall–Kier alpha value is -0.940. The van der Waals surface area contributed by atoms with E-state index in [2.05, 4.69) is 33.3 Å². The lowest BCUT2D eigenvalue weighted by molar-refractivity contribution is 1.43. The van der Waals surface area contributed by atoms with Gasteiger partial charge in [-0.2, -0.15) is 0 Å². The van der Waals surface area contributed by atoms with E-state index in [0.29, 0.717) is 0 Å². The number of benzene rings is 1. The van der Waals surface area contributed by atoms with Crippen LogP contribution < -0.4 is 5.44 Å². The molecule has 2 aromatic rings. The Kier molecular flexibility index (Phi) is 1.82. The van der Waals surface area contributed by atoms with Gasteiger partial charge in [-0.15, -0.1) is 0 Å². The summed E-state index contributed by atoms with van der Waals surface area (Å²) in [6.07, 6.45) is 0. The standard InChI is InChI=1S/C10H10NP/c1-7-6-10(12)11-9-5-3-2-4-8(7)9/h2-6H,12H2,1H3. The van der Waals surface area contributed by atoms with E-state index in [0.717, 1.165) is 11.0 Å². The molecule has 1 unspecified atom stereocenters. The van der Waals surface area contributed by atoms with Crippen LogP contribution in [0.5, 0.6) is 0 Å². The molecule has 60 valence electrons. The lowest BCUT2D eigenvalue weighted by Gasteiger charge is -2.01. The second-order valence-electron chi connectivity index (χ2n) is 2.88. The topological polar surface area (TPSA) is 12.9 Å². The maximum Gasteiger partial charge on any atom is 0.0712 e. The van der Waals surface area contributed by atoms with Crippen LogP contribution in [0.25, 0.3) is 10.9 Å². The first-order chi connectivity index (χ1) is 5.77. The van der Waals surface area contributed by atoms with Gasteiger partial charge in [0.05, 0.1) is 11.0 Å². The fraction of sp³-hybridized carbons (Fsp3) is 0.100. The fourth-order valence-corrected chi connectivity index (χ4v) is 1.76. The highest BCUT2D eigenvalue weighted by Gasteiger charge is 1.97. The molecule has 12 heavy (non-hydrogen) atoms. The van der Waals surface area contributed by atoms with Gasteiger partial charge in [0, 0.05) is 5.39 Å². The quantitative estimate of drug-likeness (QED) is 0.558. The molecule has 0 N–H and O–H groups in total. The largest absolute Gasteiger partial charge is 0.249 e. The van der Waals surface area contributed by atoms with Crippen LogP contribution in [0, 0.1) is 6.92 Å². The molecular weight excluding hydrogens is 165 g/mol. The third-order valence-electron chi connectivity index (χ3n) is 1.94. The highest BCUT2D eigenvalue weighted by atomic mass is 31.0. The van der Waals surface area contributed by atoms with E-state index in [1.54, 1.807) is 0 Å². The molecule has 0 fully saturated rings. The molecule has 1 atom stereocenters. The van der Waals surface area contributed by atoms with Crippen LogP contribution in [0.15, 0.2) is 30.3 Å². The van der Waals surface area contributed by atoms with Crippen LogP contribution in [-0.4, -0.2) is 4.98 Å². The van der Waals surface area contributed by atoms with E-state index < -0.39 is 0 Å². The van der Waals surface area contributed by atoms with Crippen LogP contribution in [0.2, 0.25) is 0 Å². The number of fused-ring (bicyclic) bond motifs is 1. The highest BCUT2D eigenvalue weighted by Crippen LogP contribution is 2.14. The Labute approximate surface area is 74.0 Å². The van der Waals surface area contributed by atoms with Gasteiger partial charge in [0.15, 0.2) is 0 Å². The van der Waals surface area contributed by atoms with Gasteiger partial charge < -0.3 is 0 Å². The fourth-order valence-electron chi connectivity index (χ4n) is 1.38. The van der Waals surface area contributed by atoms with Gasteiger partial charge in [0.2, 0.25) is 0 Å².